The lowest BCUT2D eigenvalue weighted by atomic mass is 9.66. The van der Waals surface area contributed by atoms with Gasteiger partial charge in [0.1, 0.15) is 0 Å². The molecular formula is C10H20F2O. The van der Waals surface area contributed by atoms with E-state index in [-0.39, 0.29) is 0 Å². The Morgan fingerprint density at radius 2 is 1.08 bits per heavy atom. The average molecular weight is 194 g/mol. The molecule has 0 radical (unpaired) electrons. The normalized spacial score (nSPS) is 15.2. The molecule has 0 saturated heterocycles. The Balaban J connectivity index is 5.02. The van der Waals surface area contributed by atoms with E-state index in [9.17, 15) is 8.78 Å². The summed E-state index contributed by atoms with van der Waals surface area (Å²) in [5.74, 6) is -1.05. The van der Waals surface area contributed by atoms with Gasteiger partial charge in [-0.25, -0.2) is 0 Å². The van der Waals surface area contributed by atoms with E-state index in [0.717, 1.165) is 0 Å². The highest BCUT2D eigenvalue weighted by Gasteiger charge is 2.51. The van der Waals surface area contributed by atoms with Crippen molar-refractivity contribution in [3.05, 3.63) is 0 Å². The van der Waals surface area contributed by atoms with Gasteiger partial charge >= 0.3 is 6.11 Å². The summed E-state index contributed by atoms with van der Waals surface area (Å²) in [6.45, 7) is 10.3. The molecule has 0 spiro atoms. The van der Waals surface area contributed by atoms with Crippen LogP contribution in [0.5, 0.6) is 0 Å². The first-order valence-corrected chi connectivity index (χ1v) is 4.47. The van der Waals surface area contributed by atoms with Gasteiger partial charge in [-0.3, -0.25) is 0 Å². The lowest BCUT2D eigenvalue weighted by Gasteiger charge is -2.42. The molecule has 0 aromatic rings. The molecule has 3 heteroatoms. The fourth-order valence-electron chi connectivity index (χ4n) is 2.34. The SMILES string of the molecule is CC(C)(C)C(C(C)(C)C)C(O)(F)F. The minimum Gasteiger partial charge on any atom is -0.336 e. The summed E-state index contributed by atoms with van der Waals surface area (Å²) in [5, 5.41) is 8.82. The zero-order valence-corrected chi connectivity index (χ0v) is 9.28. The van der Waals surface area contributed by atoms with Crippen molar-refractivity contribution in [3.63, 3.8) is 0 Å². The van der Waals surface area contributed by atoms with Crippen LogP contribution >= 0.6 is 0 Å². The number of hydrogen-bond acceptors (Lipinski definition) is 1. The topological polar surface area (TPSA) is 20.2 Å². The monoisotopic (exact) mass is 194 g/mol. The third-order valence-electron chi connectivity index (χ3n) is 2.08. The van der Waals surface area contributed by atoms with Crippen molar-refractivity contribution in [3.8, 4) is 0 Å². The van der Waals surface area contributed by atoms with Crippen LogP contribution < -0.4 is 0 Å². The van der Waals surface area contributed by atoms with Crippen molar-refractivity contribution in [1.82, 2.24) is 0 Å². The van der Waals surface area contributed by atoms with Gasteiger partial charge in [0.05, 0.1) is 5.92 Å². The number of rotatable bonds is 1. The van der Waals surface area contributed by atoms with Crippen LogP contribution in [0.15, 0.2) is 0 Å². The molecule has 0 aliphatic rings. The Labute approximate surface area is 79.1 Å². The Bertz CT molecular complexity index is 136. The van der Waals surface area contributed by atoms with Crippen molar-refractivity contribution in [2.24, 2.45) is 16.7 Å². The maximum atomic E-state index is 12.9. The van der Waals surface area contributed by atoms with Crippen molar-refractivity contribution >= 4 is 0 Å². The summed E-state index contributed by atoms with van der Waals surface area (Å²) in [7, 11) is 0. The van der Waals surface area contributed by atoms with Crippen LogP contribution in [0.25, 0.3) is 0 Å². The van der Waals surface area contributed by atoms with E-state index < -0.39 is 22.9 Å². The summed E-state index contributed by atoms with van der Waals surface area (Å²) in [5.41, 5.74) is -1.23. The zero-order valence-electron chi connectivity index (χ0n) is 9.28. The van der Waals surface area contributed by atoms with Crippen molar-refractivity contribution < 1.29 is 13.9 Å². The fraction of sp³-hybridized carbons (Fsp3) is 1.00. The Hall–Kier alpha value is -0.180. The zero-order chi connectivity index (χ0) is 11.1. The second kappa shape index (κ2) is 3.19. The average Bonchev–Trinajstić information content (AvgIpc) is 1.44. The summed E-state index contributed by atoms with van der Waals surface area (Å²) >= 11 is 0. The third-order valence-corrected chi connectivity index (χ3v) is 2.08. The molecule has 80 valence electrons. The van der Waals surface area contributed by atoms with Gasteiger partial charge in [-0.05, 0) is 10.8 Å². The van der Waals surface area contributed by atoms with Gasteiger partial charge in [0.2, 0.25) is 0 Å². The first-order chi connectivity index (χ1) is 5.37. The first-order valence-electron chi connectivity index (χ1n) is 4.47. The quantitative estimate of drug-likeness (QED) is 0.679. The Morgan fingerprint density at radius 1 is 0.846 bits per heavy atom. The second-order valence-electron chi connectivity index (χ2n) is 5.75. The Kier molecular flexibility index (Phi) is 3.15. The van der Waals surface area contributed by atoms with Crippen molar-refractivity contribution in [2.75, 3.05) is 0 Å². The maximum absolute atomic E-state index is 12.9. The summed E-state index contributed by atoms with van der Waals surface area (Å²) in [4.78, 5) is 0. The lowest BCUT2D eigenvalue weighted by Crippen LogP contribution is -2.45. The van der Waals surface area contributed by atoms with Gasteiger partial charge < -0.3 is 5.11 Å². The van der Waals surface area contributed by atoms with Gasteiger partial charge in [-0.1, -0.05) is 41.5 Å². The lowest BCUT2D eigenvalue weighted by molar-refractivity contribution is -0.280. The molecule has 0 fully saturated rings. The molecule has 0 aliphatic carbocycles. The molecule has 0 aromatic heterocycles. The molecule has 0 bridgehead atoms. The highest BCUT2D eigenvalue weighted by Crippen LogP contribution is 2.47. The molecule has 0 unspecified atom stereocenters. The van der Waals surface area contributed by atoms with Gasteiger partial charge in [-0.2, -0.15) is 8.78 Å². The smallest absolute Gasteiger partial charge is 0.336 e. The van der Waals surface area contributed by atoms with Crippen molar-refractivity contribution in [1.29, 1.82) is 0 Å². The van der Waals surface area contributed by atoms with Crippen LogP contribution in [0, 0.1) is 16.7 Å². The van der Waals surface area contributed by atoms with E-state index in [4.69, 9.17) is 5.11 Å². The number of alkyl halides is 2. The predicted molar refractivity (Wildman–Crippen MR) is 49.6 cm³/mol. The third kappa shape index (κ3) is 3.59. The van der Waals surface area contributed by atoms with E-state index in [1.807, 2.05) is 0 Å². The highest BCUT2D eigenvalue weighted by atomic mass is 19.3. The second-order valence-corrected chi connectivity index (χ2v) is 5.75. The molecule has 1 nitrogen and oxygen atoms in total. The molecule has 0 heterocycles. The Morgan fingerprint density at radius 3 is 1.08 bits per heavy atom. The van der Waals surface area contributed by atoms with Gasteiger partial charge in [0, 0.05) is 0 Å². The van der Waals surface area contributed by atoms with E-state index in [0.29, 0.717) is 0 Å². The summed E-state index contributed by atoms with van der Waals surface area (Å²) in [6, 6.07) is 0. The maximum Gasteiger partial charge on any atom is 0.357 e. The molecule has 0 aromatic carbocycles. The first kappa shape index (κ1) is 12.8. The number of aliphatic hydroxyl groups is 1. The van der Waals surface area contributed by atoms with Gasteiger partial charge in [0.15, 0.2) is 0 Å². The van der Waals surface area contributed by atoms with E-state index in [1.54, 1.807) is 41.5 Å². The van der Waals surface area contributed by atoms with Gasteiger partial charge in [0.25, 0.3) is 0 Å². The molecule has 13 heavy (non-hydrogen) atoms. The van der Waals surface area contributed by atoms with Crippen LogP contribution in [-0.4, -0.2) is 11.2 Å². The van der Waals surface area contributed by atoms with E-state index >= 15 is 0 Å². The molecule has 0 aliphatic heterocycles. The molecule has 0 atom stereocenters. The summed E-state index contributed by atoms with van der Waals surface area (Å²) < 4.78 is 25.9. The number of halogens is 2. The summed E-state index contributed by atoms with van der Waals surface area (Å²) in [6.07, 6.45) is -3.61. The largest absolute Gasteiger partial charge is 0.357 e. The van der Waals surface area contributed by atoms with Crippen LogP contribution in [-0.2, 0) is 0 Å². The minimum absolute atomic E-state index is 0.615. The van der Waals surface area contributed by atoms with E-state index in [1.165, 1.54) is 0 Å². The standard InChI is InChI=1S/C10H20F2O/c1-8(2,3)7(9(4,5)6)10(11,12)13/h7,13H,1-6H3. The van der Waals surface area contributed by atoms with Crippen LogP contribution in [0.3, 0.4) is 0 Å². The molecular weight excluding hydrogens is 174 g/mol. The number of hydrogen-bond donors (Lipinski definition) is 1. The van der Waals surface area contributed by atoms with E-state index in [2.05, 4.69) is 0 Å². The highest BCUT2D eigenvalue weighted by molar-refractivity contribution is 4.88. The molecule has 0 rings (SSSR count). The van der Waals surface area contributed by atoms with Crippen LogP contribution in [0.2, 0.25) is 0 Å². The molecule has 0 saturated carbocycles. The van der Waals surface area contributed by atoms with Crippen molar-refractivity contribution in [2.45, 2.75) is 47.7 Å². The predicted octanol–water partition coefficient (Wildman–Crippen LogP) is 3.28. The van der Waals surface area contributed by atoms with Gasteiger partial charge in [-0.15, -0.1) is 0 Å². The molecule has 1 N–H and O–H groups in total. The minimum atomic E-state index is -3.61. The fourth-order valence-corrected chi connectivity index (χ4v) is 2.34. The van der Waals surface area contributed by atoms with Crippen LogP contribution in [0.1, 0.15) is 41.5 Å². The van der Waals surface area contributed by atoms with Crippen LogP contribution in [0.4, 0.5) is 8.78 Å². The molecule has 0 amide bonds.